The number of carbonyl (C=O) groups is 2. The second-order valence-corrected chi connectivity index (χ2v) is 3.13. The summed E-state index contributed by atoms with van der Waals surface area (Å²) in [5.74, 6) is -0.769. The third-order valence-electron chi connectivity index (χ3n) is 2.10. The molecular formula is C10H18O3. The lowest BCUT2D eigenvalue weighted by Gasteiger charge is -2.15. The molecule has 0 aliphatic rings. The quantitative estimate of drug-likeness (QED) is 0.469. The largest absolute Gasteiger partial charge is 0.466 e. The van der Waals surface area contributed by atoms with Crippen molar-refractivity contribution in [1.29, 1.82) is 0 Å². The highest BCUT2D eigenvalue weighted by Crippen LogP contribution is 2.16. The molecule has 0 aliphatic heterocycles. The average molecular weight is 186 g/mol. The van der Waals surface area contributed by atoms with Crippen LogP contribution in [-0.2, 0) is 14.3 Å². The van der Waals surface area contributed by atoms with Gasteiger partial charge in [0.25, 0.3) is 0 Å². The molecule has 0 aromatic rings. The lowest BCUT2D eigenvalue weighted by molar-refractivity contribution is -0.150. The van der Waals surface area contributed by atoms with Gasteiger partial charge < -0.3 is 9.53 Å². The molecule has 0 saturated heterocycles. The number of carbonyl (C=O) groups excluding carboxylic acids is 2. The fourth-order valence-corrected chi connectivity index (χ4v) is 1.22. The molecule has 0 fully saturated rings. The van der Waals surface area contributed by atoms with Crippen LogP contribution < -0.4 is 0 Å². The summed E-state index contributed by atoms with van der Waals surface area (Å²) >= 11 is 0. The summed E-state index contributed by atoms with van der Waals surface area (Å²) in [6, 6.07) is 0. The maximum absolute atomic E-state index is 11.2. The number of rotatable bonds is 6. The molecular weight excluding hydrogens is 168 g/mol. The van der Waals surface area contributed by atoms with E-state index in [0.717, 1.165) is 19.1 Å². The minimum absolute atomic E-state index is 0.191. The maximum Gasteiger partial charge on any atom is 0.309 e. The standard InChI is InChI=1S/C10H18O3/c1-4-6-9(7-11)8(3)10(12)13-5-2/h7-9H,4-6H2,1-3H3/t8-,9-/m1/s1. The van der Waals surface area contributed by atoms with E-state index < -0.39 is 0 Å². The van der Waals surface area contributed by atoms with Crippen LogP contribution in [0.25, 0.3) is 0 Å². The van der Waals surface area contributed by atoms with Crippen LogP contribution in [0.3, 0.4) is 0 Å². The van der Waals surface area contributed by atoms with Crippen LogP contribution in [0, 0.1) is 11.8 Å². The van der Waals surface area contributed by atoms with Crippen LogP contribution in [0.2, 0.25) is 0 Å². The third-order valence-corrected chi connectivity index (χ3v) is 2.10. The molecule has 0 rings (SSSR count). The highest BCUT2D eigenvalue weighted by molar-refractivity contribution is 5.76. The Morgan fingerprint density at radius 2 is 2.08 bits per heavy atom. The van der Waals surface area contributed by atoms with Gasteiger partial charge in [0.05, 0.1) is 12.5 Å². The Hall–Kier alpha value is -0.860. The van der Waals surface area contributed by atoms with Gasteiger partial charge in [-0.15, -0.1) is 0 Å². The first kappa shape index (κ1) is 12.1. The zero-order valence-corrected chi connectivity index (χ0v) is 8.58. The van der Waals surface area contributed by atoms with E-state index >= 15 is 0 Å². The first-order valence-electron chi connectivity index (χ1n) is 4.79. The summed E-state index contributed by atoms with van der Waals surface area (Å²) in [7, 11) is 0. The van der Waals surface area contributed by atoms with E-state index in [0.29, 0.717) is 6.61 Å². The van der Waals surface area contributed by atoms with Crippen LogP contribution in [0.5, 0.6) is 0 Å². The first-order valence-corrected chi connectivity index (χ1v) is 4.79. The van der Waals surface area contributed by atoms with Gasteiger partial charge in [-0.05, 0) is 13.3 Å². The van der Waals surface area contributed by atoms with E-state index in [1.807, 2.05) is 6.92 Å². The fourth-order valence-electron chi connectivity index (χ4n) is 1.22. The molecule has 0 aliphatic carbocycles. The maximum atomic E-state index is 11.2. The van der Waals surface area contributed by atoms with E-state index in [4.69, 9.17) is 4.74 Å². The topological polar surface area (TPSA) is 43.4 Å². The van der Waals surface area contributed by atoms with Crippen LogP contribution in [0.4, 0.5) is 0 Å². The van der Waals surface area contributed by atoms with Gasteiger partial charge in [-0.25, -0.2) is 0 Å². The number of aldehydes is 1. The van der Waals surface area contributed by atoms with E-state index in [9.17, 15) is 9.59 Å². The first-order chi connectivity index (χ1) is 6.17. The van der Waals surface area contributed by atoms with Crippen molar-refractivity contribution in [2.75, 3.05) is 6.61 Å². The zero-order valence-electron chi connectivity index (χ0n) is 8.58. The van der Waals surface area contributed by atoms with Crippen LogP contribution in [0.1, 0.15) is 33.6 Å². The summed E-state index contributed by atoms with van der Waals surface area (Å²) in [5, 5.41) is 0. The van der Waals surface area contributed by atoms with Crippen molar-refractivity contribution in [2.45, 2.75) is 33.6 Å². The molecule has 0 unspecified atom stereocenters. The zero-order chi connectivity index (χ0) is 10.3. The van der Waals surface area contributed by atoms with Crippen molar-refractivity contribution in [3.8, 4) is 0 Å². The van der Waals surface area contributed by atoms with Crippen LogP contribution in [0.15, 0.2) is 0 Å². The molecule has 0 saturated carbocycles. The minimum atomic E-state index is -0.308. The van der Waals surface area contributed by atoms with E-state index in [1.54, 1.807) is 13.8 Å². The Morgan fingerprint density at radius 3 is 2.46 bits per heavy atom. The molecule has 0 N–H and O–H groups in total. The Morgan fingerprint density at radius 1 is 1.46 bits per heavy atom. The number of hydrogen-bond donors (Lipinski definition) is 0. The fraction of sp³-hybridized carbons (Fsp3) is 0.800. The number of esters is 1. The molecule has 76 valence electrons. The summed E-state index contributed by atoms with van der Waals surface area (Å²) in [5.41, 5.74) is 0. The van der Waals surface area contributed by atoms with Crippen molar-refractivity contribution in [3.05, 3.63) is 0 Å². The van der Waals surface area contributed by atoms with E-state index in [1.165, 1.54) is 0 Å². The minimum Gasteiger partial charge on any atom is -0.466 e. The number of ether oxygens (including phenoxy) is 1. The second-order valence-electron chi connectivity index (χ2n) is 3.13. The molecule has 0 amide bonds. The summed E-state index contributed by atoms with van der Waals surface area (Å²) < 4.78 is 4.83. The van der Waals surface area contributed by atoms with Gasteiger partial charge in [0.2, 0.25) is 0 Å². The van der Waals surface area contributed by atoms with E-state index in [-0.39, 0.29) is 17.8 Å². The van der Waals surface area contributed by atoms with Crippen LogP contribution >= 0.6 is 0 Å². The van der Waals surface area contributed by atoms with Gasteiger partial charge in [-0.3, -0.25) is 4.79 Å². The van der Waals surface area contributed by atoms with Gasteiger partial charge in [0.15, 0.2) is 0 Å². The van der Waals surface area contributed by atoms with Gasteiger partial charge in [-0.1, -0.05) is 20.3 Å². The molecule has 3 nitrogen and oxygen atoms in total. The predicted octanol–water partition coefficient (Wildman–Crippen LogP) is 1.80. The van der Waals surface area contributed by atoms with Crippen molar-refractivity contribution < 1.29 is 14.3 Å². The summed E-state index contributed by atoms with van der Waals surface area (Å²) in [6.45, 7) is 5.88. The Balaban J connectivity index is 4.09. The summed E-state index contributed by atoms with van der Waals surface area (Å²) in [6.07, 6.45) is 2.52. The Kier molecular flexibility index (Phi) is 6.20. The Labute approximate surface area is 79.5 Å². The van der Waals surface area contributed by atoms with Gasteiger partial charge >= 0.3 is 5.97 Å². The van der Waals surface area contributed by atoms with Crippen molar-refractivity contribution in [1.82, 2.24) is 0 Å². The Bertz CT molecular complexity index is 166. The second kappa shape index (κ2) is 6.63. The monoisotopic (exact) mass is 186 g/mol. The smallest absolute Gasteiger partial charge is 0.309 e. The van der Waals surface area contributed by atoms with Gasteiger partial charge in [-0.2, -0.15) is 0 Å². The molecule has 13 heavy (non-hydrogen) atoms. The predicted molar refractivity (Wildman–Crippen MR) is 50.3 cm³/mol. The van der Waals surface area contributed by atoms with Crippen molar-refractivity contribution in [3.63, 3.8) is 0 Å². The van der Waals surface area contributed by atoms with Crippen LogP contribution in [-0.4, -0.2) is 18.9 Å². The number of hydrogen-bond acceptors (Lipinski definition) is 3. The third kappa shape index (κ3) is 4.06. The molecule has 0 radical (unpaired) electrons. The lowest BCUT2D eigenvalue weighted by atomic mass is 9.91. The summed E-state index contributed by atoms with van der Waals surface area (Å²) in [4.78, 5) is 21.9. The van der Waals surface area contributed by atoms with Crippen molar-refractivity contribution >= 4 is 12.3 Å². The molecule has 3 heteroatoms. The van der Waals surface area contributed by atoms with E-state index in [2.05, 4.69) is 0 Å². The SMILES string of the molecule is CCC[C@H](C=O)[C@@H](C)C(=O)OCC. The molecule has 0 aromatic heterocycles. The van der Waals surface area contributed by atoms with Gasteiger partial charge in [0.1, 0.15) is 6.29 Å². The molecule has 2 atom stereocenters. The normalized spacial score (nSPS) is 14.7. The highest BCUT2D eigenvalue weighted by Gasteiger charge is 2.23. The average Bonchev–Trinajstić information content (AvgIpc) is 2.13. The van der Waals surface area contributed by atoms with Gasteiger partial charge in [0, 0.05) is 5.92 Å². The molecule has 0 heterocycles. The highest BCUT2D eigenvalue weighted by atomic mass is 16.5. The molecule has 0 bridgehead atoms. The lowest BCUT2D eigenvalue weighted by Crippen LogP contribution is -2.24. The molecule has 0 aromatic carbocycles. The van der Waals surface area contributed by atoms with Crippen molar-refractivity contribution in [2.24, 2.45) is 11.8 Å². The molecule has 0 spiro atoms.